The third-order valence-electron chi connectivity index (χ3n) is 3.25. The molecule has 0 aliphatic rings. The van der Waals surface area contributed by atoms with Gasteiger partial charge in [0.1, 0.15) is 11.5 Å². The molecule has 5 heteroatoms. The molecule has 0 saturated heterocycles. The first-order valence-electron chi connectivity index (χ1n) is 7.21. The Morgan fingerprint density at radius 1 is 0.833 bits per heavy atom. The highest BCUT2D eigenvalue weighted by Gasteiger charge is 2.10. The smallest absolute Gasteiger partial charge is 0.255 e. The number of anilines is 1. The van der Waals surface area contributed by atoms with E-state index in [0.29, 0.717) is 32.8 Å². The van der Waals surface area contributed by atoms with E-state index in [1.165, 1.54) is 0 Å². The first-order chi connectivity index (χ1) is 11.6. The monoisotopic (exact) mass is 357 g/mol. The summed E-state index contributed by atoms with van der Waals surface area (Å²) in [5.74, 6) is 0.983. The van der Waals surface area contributed by atoms with Crippen LogP contribution in [-0.4, -0.2) is 5.91 Å². The molecule has 0 spiro atoms. The van der Waals surface area contributed by atoms with Crippen LogP contribution in [0.4, 0.5) is 5.69 Å². The Morgan fingerprint density at radius 2 is 1.58 bits per heavy atom. The third-order valence-corrected chi connectivity index (χ3v) is 3.82. The summed E-state index contributed by atoms with van der Waals surface area (Å²) in [4.78, 5) is 12.4. The lowest BCUT2D eigenvalue weighted by Gasteiger charge is -2.10. The third kappa shape index (κ3) is 4.07. The second-order valence-electron chi connectivity index (χ2n) is 5.02. The molecule has 3 nitrogen and oxygen atoms in total. The lowest BCUT2D eigenvalue weighted by molar-refractivity contribution is 0.102. The number of hydrogen-bond donors (Lipinski definition) is 1. The van der Waals surface area contributed by atoms with Gasteiger partial charge in [0.15, 0.2) is 0 Å². The maximum absolute atomic E-state index is 12.4. The number of nitrogens with one attached hydrogen (secondary N) is 1. The fourth-order valence-corrected chi connectivity index (χ4v) is 2.45. The Labute approximate surface area is 149 Å². The van der Waals surface area contributed by atoms with Crippen molar-refractivity contribution < 1.29 is 9.53 Å². The molecule has 1 amide bonds. The molecule has 120 valence electrons. The van der Waals surface area contributed by atoms with E-state index in [1.807, 2.05) is 30.3 Å². The van der Waals surface area contributed by atoms with Crippen LogP contribution in [0.15, 0.2) is 72.8 Å². The summed E-state index contributed by atoms with van der Waals surface area (Å²) in [5.41, 5.74) is 0.919. The summed E-state index contributed by atoms with van der Waals surface area (Å²) in [5, 5.41) is 3.66. The normalized spacial score (nSPS) is 10.2. The van der Waals surface area contributed by atoms with E-state index in [2.05, 4.69) is 5.32 Å². The lowest BCUT2D eigenvalue weighted by Crippen LogP contribution is -2.12. The predicted octanol–water partition coefficient (Wildman–Crippen LogP) is 6.04. The zero-order chi connectivity index (χ0) is 16.9. The number of amides is 1. The summed E-state index contributed by atoms with van der Waals surface area (Å²) in [7, 11) is 0. The maximum atomic E-state index is 12.4. The van der Waals surface area contributed by atoms with Crippen LogP contribution in [0.25, 0.3) is 0 Å². The van der Waals surface area contributed by atoms with Crippen molar-refractivity contribution >= 4 is 34.8 Å². The molecule has 0 saturated carbocycles. The molecule has 0 aromatic heterocycles. The van der Waals surface area contributed by atoms with Crippen LogP contribution in [-0.2, 0) is 0 Å². The molecule has 1 N–H and O–H groups in total. The van der Waals surface area contributed by atoms with Gasteiger partial charge in [-0.05, 0) is 48.5 Å². The highest BCUT2D eigenvalue weighted by Crippen LogP contribution is 2.27. The summed E-state index contributed by atoms with van der Waals surface area (Å²) in [6.45, 7) is 0. The summed E-state index contributed by atoms with van der Waals surface area (Å²) >= 11 is 12.0. The Kier molecular flexibility index (Phi) is 5.04. The predicted molar refractivity (Wildman–Crippen MR) is 97.4 cm³/mol. The van der Waals surface area contributed by atoms with Crippen LogP contribution in [0.3, 0.4) is 0 Å². The van der Waals surface area contributed by atoms with Gasteiger partial charge in [0.05, 0.1) is 10.7 Å². The lowest BCUT2D eigenvalue weighted by atomic mass is 10.2. The number of benzene rings is 3. The first-order valence-corrected chi connectivity index (χ1v) is 7.97. The van der Waals surface area contributed by atoms with Crippen molar-refractivity contribution in [3.05, 3.63) is 88.4 Å². The second-order valence-corrected chi connectivity index (χ2v) is 5.86. The van der Waals surface area contributed by atoms with Gasteiger partial charge in [0.2, 0.25) is 0 Å². The van der Waals surface area contributed by atoms with Gasteiger partial charge in [-0.2, -0.15) is 0 Å². The minimum Gasteiger partial charge on any atom is -0.457 e. The molecule has 0 heterocycles. The summed E-state index contributed by atoms with van der Waals surface area (Å²) < 4.78 is 5.74. The van der Waals surface area contributed by atoms with Gasteiger partial charge in [-0.25, -0.2) is 0 Å². The van der Waals surface area contributed by atoms with Gasteiger partial charge in [-0.15, -0.1) is 0 Å². The van der Waals surface area contributed by atoms with Crippen LogP contribution in [0.1, 0.15) is 10.4 Å². The van der Waals surface area contributed by atoms with Crippen molar-refractivity contribution in [1.29, 1.82) is 0 Å². The molecule has 0 bridgehead atoms. The number of rotatable bonds is 4. The molecular formula is C19H13Cl2NO2. The molecule has 0 fully saturated rings. The molecule has 24 heavy (non-hydrogen) atoms. The standard InChI is InChI=1S/C19H13Cl2NO2/c20-14-9-10-17(21)18(12-14)22-19(23)13-5-4-8-16(11-13)24-15-6-2-1-3-7-15/h1-12H,(H,22,23). The average molecular weight is 358 g/mol. The van der Waals surface area contributed by atoms with Crippen LogP contribution >= 0.6 is 23.2 Å². The second kappa shape index (κ2) is 7.39. The van der Waals surface area contributed by atoms with Gasteiger partial charge < -0.3 is 10.1 Å². The average Bonchev–Trinajstić information content (AvgIpc) is 2.59. The van der Waals surface area contributed by atoms with Crippen molar-refractivity contribution in [1.82, 2.24) is 0 Å². The van der Waals surface area contributed by atoms with E-state index >= 15 is 0 Å². The van der Waals surface area contributed by atoms with E-state index in [0.717, 1.165) is 0 Å². The van der Waals surface area contributed by atoms with E-state index in [4.69, 9.17) is 27.9 Å². The fourth-order valence-electron chi connectivity index (χ4n) is 2.11. The topological polar surface area (TPSA) is 38.3 Å². The number of para-hydroxylation sites is 1. The van der Waals surface area contributed by atoms with Crippen LogP contribution in [0, 0.1) is 0 Å². The van der Waals surface area contributed by atoms with Crippen molar-refractivity contribution in [3.63, 3.8) is 0 Å². The molecule has 3 rings (SSSR count). The Morgan fingerprint density at radius 3 is 2.38 bits per heavy atom. The molecule has 3 aromatic rings. The van der Waals surface area contributed by atoms with E-state index in [-0.39, 0.29) is 5.91 Å². The molecule has 0 aliphatic carbocycles. The molecule has 0 aliphatic heterocycles. The highest BCUT2D eigenvalue weighted by atomic mass is 35.5. The Bertz CT molecular complexity index is 866. The first kappa shape index (κ1) is 16.4. The van der Waals surface area contributed by atoms with Gasteiger partial charge >= 0.3 is 0 Å². The van der Waals surface area contributed by atoms with Crippen molar-refractivity contribution in [2.45, 2.75) is 0 Å². The highest BCUT2D eigenvalue weighted by molar-refractivity contribution is 6.35. The molecule has 3 aromatic carbocycles. The molecule has 0 atom stereocenters. The molecular weight excluding hydrogens is 345 g/mol. The summed E-state index contributed by atoms with van der Waals surface area (Å²) in [6, 6.07) is 21.2. The fraction of sp³-hybridized carbons (Fsp3) is 0. The van der Waals surface area contributed by atoms with Gasteiger partial charge in [0.25, 0.3) is 5.91 Å². The molecule has 0 radical (unpaired) electrons. The van der Waals surface area contributed by atoms with E-state index in [1.54, 1.807) is 42.5 Å². The molecule has 0 unspecified atom stereocenters. The number of carbonyl (C=O) groups is 1. The van der Waals surface area contributed by atoms with Gasteiger partial charge in [0, 0.05) is 10.6 Å². The van der Waals surface area contributed by atoms with E-state index in [9.17, 15) is 4.79 Å². The Balaban J connectivity index is 1.78. The number of ether oxygens (including phenoxy) is 1. The zero-order valence-electron chi connectivity index (χ0n) is 12.5. The van der Waals surface area contributed by atoms with Gasteiger partial charge in [-0.1, -0.05) is 47.5 Å². The largest absolute Gasteiger partial charge is 0.457 e. The number of hydrogen-bond acceptors (Lipinski definition) is 2. The zero-order valence-corrected chi connectivity index (χ0v) is 14.0. The van der Waals surface area contributed by atoms with Crippen LogP contribution < -0.4 is 10.1 Å². The quantitative estimate of drug-likeness (QED) is 0.618. The van der Waals surface area contributed by atoms with Crippen LogP contribution in [0.2, 0.25) is 10.0 Å². The maximum Gasteiger partial charge on any atom is 0.255 e. The van der Waals surface area contributed by atoms with Crippen molar-refractivity contribution in [2.24, 2.45) is 0 Å². The Hall–Kier alpha value is -2.49. The van der Waals surface area contributed by atoms with Crippen molar-refractivity contribution in [2.75, 3.05) is 5.32 Å². The van der Waals surface area contributed by atoms with Crippen molar-refractivity contribution in [3.8, 4) is 11.5 Å². The minimum atomic E-state index is -0.294. The van der Waals surface area contributed by atoms with Gasteiger partial charge in [-0.3, -0.25) is 4.79 Å². The number of halogens is 2. The van der Waals surface area contributed by atoms with Crippen LogP contribution in [0.5, 0.6) is 11.5 Å². The minimum absolute atomic E-state index is 0.294. The van der Waals surface area contributed by atoms with E-state index < -0.39 is 0 Å². The SMILES string of the molecule is O=C(Nc1cc(Cl)ccc1Cl)c1cccc(Oc2ccccc2)c1. The summed E-state index contributed by atoms with van der Waals surface area (Å²) in [6.07, 6.45) is 0. The number of carbonyl (C=O) groups excluding carboxylic acids is 1.